The number of para-hydroxylation sites is 4. The Bertz CT molecular complexity index is 2160. The van der Waals surface area contributed by atoms with Gasteiger partial charge in [0.1, 0.15) is 12.7 Å². The molecule has 2 aliphatic heterocycles. The molecular weight excluding hydrogens is 465 g/mol. The molecule has 5 nitrogen and oxygen atoms in total. The SMILES string of the molecule is c1cc2c3c(c1)ncn3-c1cc(-n3c4ccccc4c4ccccc43)cc3c1B2c1cccc2ncn-3c12. The molecule has 0 fully saturated rings. The predicted molar refractivity (Wildman–Crippen MR) is 155 cm³/mol. The van der Waals surface area contributed by atoms with Crippen LogP contribution in [0.25, 0.3) is 60.9 Å². The minimum atomic E-state index is 0.132. The molecule has 8 aromatic rings. The molecule has 6 heteroatoms. The molecule has 0 atom stereocenters. The lowest BCUT2D eigenvalue weighted by atomic mass is 9.34. The molecule has 0 bridgehead atoms. The Kier molecular flexibility index (Phi) is 3.22. The number of hydrogen-bond donors (Lipinski definition) is 0. The van der Waals surface area contributed by atoms with Crippen molar-refractivity contribution in [3.05, 3.63) is 110 Å². The zero-order valence-corrected chi connectivity index (χ0v) is 20.2. The van der Waals surface area contributed by atoms with E-state index in [4.69, 9.17) is 9.97 Å². The lowest BCUT2D eigenvalue weighted by molar-refractivity contribution is 1.05. The maximum Gasteiger partial charge on any atom is 0.252 e. The van der Waals surface area contributed by atoms with Crippen molar-refractivity contribution in [3.63, 3.8) is 0 Å². The Morgan fingerprint density at radius 3 is 1.63 bits per heavy atom. The molecule has 5 aromatic carbocycles. The molecule has 0 saturated heterocycles. The molecule has 0 amide bonds. The summed E-state index contributed by atoms with van der Waals surface area (Å²) in [4.78, 5) is 9.65. The second kappa shape index (κ2) is 6.42. The van der Waals surface area contributed by atoms with Crippen LogP contribution in [-0.2, 0) is 0 Å². The first-order valence-electron chi connectivity index (χ1n) is 13.0. The van der Waals surface area contributed by atoms with Crippen molar-refractivity contribution >= 4 is 67.0 Å². The van der Waals surface area contributed by atoms with Crippen molar-refractivity contribution in [2.45, 2.75) is 0 Å². The highest BCUT2D eigenvalue weighted by Crippen LogP contribution is 2.35. The normalized spacial score (nSPS) is 13.2. The molecule has 2 aliphatic rings. The van der Waals surface area contributed by atoms with Crippen LogP contribution in [0, 0.1) is 0 Å². The third-order valence-electron chi connectivity index (χ3n) is 8.59. The summed E-state index contributed by atoms with van der Waals surface area (Å²) in [7, 11) is 0. The van der Waals surface area contributed by atoms with E-state index < -0.39 is 0 Å². The van der Waals surface area contributed by atoms with Gasteiger partial charge in [0.15, 0.2) is 0 Å². The van der Waals surface area contributed by atoms with E-state index in [0.29, 0.717) is 0 Å². The molecule has 3 aromatic heterocycles. The van der Waals surface area contributed by atoms with Crippen LogP contribution in [0.3, 0.4) is 0 Å². The van der Waals surface area contributed by atoms with Crippen LogP contribution in [0.5, 0.6) is 0 Å². The van der Waals surface area contributed by atoms with Gasteiger partial charge in [-0.3, -0.25) is 9.13 Å². The molecule has 0 saturated carbocycles. The van der Waals surface area contributed by atoms with Gasteiger partial charge in [-0.15, -0.1) is 0 Å². The molecule has 174 valence electrons. The maximum absolute atomic E-state index is 4.82. The standard InChI is InChI=1S/C32H18BN5/c1-3-13-26-20(7-1)21-8-2-4-14-27(21)38(26)19-15-28-30-29(16-19)37-18-35-25-12-6-10-23(32(25)37)33(30)22-9-5-11-24-31(22)36(28)17-34-24/h1-18H. The fourth-order valence-corrected chi connectivity index (χ4v) is 7.13. The third kappa shape index (κ3) is 2.09. The molecule has 5 heterocycles. The fraction of sp³-hybridized carbons (Fsp3) is 0. The molecule has 38 heavy (non-hydrogen) atoms. The summed E-state index contributed by atoms with van der Waals surface area (Å²) in [5.74, 6) is 0. The molecule has 0 unspecified atom stereocenters. The van der Waals surface area contributed by atoms with Gasteiger partial charge in [0, 0.05) is 22.1 Å². The van der Waals surface area contributed by atoms with Crippen molar-refractivity contribution in [3.8, 4) is 17.1 Å². The first-order chi connectivity index (χ1) is 18.9. The average Bonchev–Trinajstić information content (AvgIpc) is 3.68. The van der Waals surface area contributed by atoms with Gasteiger partial charge in [-0.05, 0) is 52.8 Å². The van der Waals surface area contributed by atoms with Crippen LogP contribution in [0.2, 0.25) is 0 Å². The topological polar surface area (TPSA) is 40.6 Å². The van der Waals surface area contributed by atoms with Gasteiger partial charge in [-0.1, -0.05) is 60.7 Å². The minimum Gasteiger partial charge on any atom is -0.309 e. The van der Waals surface area contributed by atoms with Gasteiger partial charge in [0.05, 0.1) is 38.8 Å². The molecule has 0 spiro atoms. The van der Waals surface area contributed by atoms with Crippen LogP contribution >= 0.6 is 0 Å². The van der Waals surface area contributed by atoms with E-state index >= 15 is 0 Å². The van der Waals surface area contributed by atoms with E-state index in [9.17, 15) is 0 Å². The van der Waals surface area contributed by atoms with Crippen molar-refractivity contribution in [1.82, 2.24) is 23.7 Å². The summed E-state index contributed by atoms with van der Waals surface area (Å²) in [5, 5.41) is 2.52. The number of hydrogen-bond acceptors (Lipinski definition) is 2. The van der Waals surface area contributed by atoms with Crippen LogP contribution in [0.15, 0.2) is 110 Å². The summed E-state index contributed by atoms with van der Waals surface area (Å²) in [6.45, 7) is 0.132. The Labute approximate surface area is 217 Å². The van der Waals surface area contributed by atoms with E-state index in [1.54, 1.807) is 0 Å². The average molecular weight is 483 g/mol. The second-order valence-corrected chi connectivity index (χ2v) is 10.4. The quantitative estimate of drug-likeness (QED) is 0.320. The minimum absolute atomic E-state index is 0.132. The van der Waals surface area contributed by atoms with Crippen molar-refractivity contribution in [2.75, 3.05) is 0 Å². The monoisotopic (exact) mass is 483 g/mol. The van der Waals surface area contributed by atoms with E-state index in [0.717, 1.165) is 16.7 Å². The third-order valence-corrected chi connectivity index (χ3v) is 8.59. The maximum atomic E-state index is 4.82. The summed E-state index contributed by atoms with van der Waals surface area (Å²) in [6.07, 6.45) is 3.97. The van der Waals surface area contributed by atoms with Crippen LogP contribution in [0.1, 0.15) is 0 Å². The molecule has 0 radical (unpaired) electrons. The Balaban J connectivity index is 1.42. The number of rotatable bonds is 1. The zero-order chi connectivity index (χ0) is 24.5. The van der Waals surface area contributed by atoms with Crippen molar-refractivity contribution < 1.29 is 0 Å². The van der Waals surface area contributed by atoms with Gasteiger partial charge >= 0.3 is 0 Å². The molecular formula is C32H18BN5. The van der Waals surface area contributed by atoms with Gasteiger partial charge < -0.3 is 4.57 Å². The number of aromatic nitrogens is 5. The van der Waals surface area contributed by atoms with E-state index in [2.05, 4.69) is 111 Å². The van der Waals surface area contributed by atoms with Crippen LogP contribution < -0.4 is 16.4 Å². The van der Waals surface area contributed by atoms with Crippen LogP contribution in [-0.4, -0.2) is 30.4 Å². The van der Waals surface area contributed by atoms with E-state index in [-0.39, 0.29) is 6.71 Å². The van der Waals surface area contributed by atoms with Crippen molar-refractivity contribution in [2.24, 2.45) is 0 Å². The zero-order valence-electron chi connectivity index (χ0n) is 20.2. The lowest BCUT2D eigenvalue weighted by Gasteiger charge is -2.33. The summed E-state index contributed by atoms with van der Waals surface area (Å²) in [6, 6.07) is 35.1. The summed E-state index contributed by atoms with van der Waals surface area (Å²) >= 11 is 0. The smallest absolute Gasteiger partial charge is 0.252 e. The van der Waals surface area contributed by atoms with Crippen LogP contribution in [0.4, 0.5) is 0 Å². The highest BCUT2D eigenvalue weighted by molar-refractivity contribution is 7.00. The highest BCUT2D eigenvalue weighted by atomic mass is 15.1. The number of imidazole rings is 2. The van der Waals surface area contributed by atoms with E-state index in [1.807, 2.05) is 12.7 Å². The lowest BCUT2D eigenvalue weighted by Crippen LogP contribution is -2.59. The fourth-order valence-electron chi connectivity index (χ4n) is 7.13. The second-order valence-electron chi connectivity index (χ2n) is 10.4. The highest BCUT2D eigenvalue weighted by Gasteiger charge is 2.39. The van der Waals surface area contributed by atoms with Gasteiger partial charge in [0.2, 0.25) is 0 Å². The molecule has 10 rings (SSSR count). The first kappa shape index (κ1) is 19.1. The summed E-state index contributed by atoms with van der Waals surface area (Å²) in [5.41, 5.74) is 14.3. The predicted octanol–water partition coefficient (Wildman–Crippen LogP) is 4.60. The first-order valence-corrected chi connectivity index (χ1v) is 13.0. The molecule has 0 aliphatic carbocycles. The van der Waals surface area contributed by atoms with Crippen molar-refractivity contribution in [1.29, 1.82) is 0 Å². The Hall–Kier alpha value is -5.10. The number of fused-ring (bicyclic) bond motifs is 7. The van der Waals surface area contributed by atoms with Gasteiger partial charge in [0.25, 0.3) is 6.71 Å². The Morgan fingerprint density at radius 2 is 1.08 bits per heavy atom. The van der Waals surface area contributed by atoms with Gasteiger partial charge in [-0.25, -0.2) is 9.97 Å². The Morgan fingerprint density at radius 1 is 0.553 bits per heavy atom. The molecule has 0 N–H and O–H groups in total. The number of benzene rings is 5. The number of nitrogens with zero attached hydrogens (tertiary/aromatic N) is 5. The largest absolute Gasteiger partial charge is 0.309 e. The summed E-state index contributed by atoms with van der Waals surface area (Å²) < 4.78 is 6.98. The van der Waals surface area contributed by atoms with Gasteiger partial charge in [-0.2, -0.15) is 0 Å². The van der Waals surface area contributed by atoms with E-state index in [1.165, 1.54) is 60.6 Å².